The lowest BCUT2D eigenvalue weighted by atomic mass is 10.2. The second kappa shape index (κ2) is 5.96. The standard InChI is InChI=1S/C13H9BrF2N2O2/c14-10-6-9(2-3-11(10)15)17-7-8-1-4-13(18(19)20)12(16)5-8/h1-6,17H,7H2. The molecule has 2 rings (SSSR count). The Morgan fingerprint density at radius 2 is 1.90 bits per heavy atom. The molecule has 20 heavy (non-hydrogen) atoms. The van der Waals surface area contributed by atoms with Gasteiger partial charge in [0.05, 0.1) is 9.40 Å². The topological polar surface area (TPSA) is 55.2 Å². The smallest absolute Gasteiger partial charge is 0.304 e. The lowest BCUT2D eigenvalue weighted by molar-refractivity contribution is -0.387. The van der Waals surface area contributed by atoms with Gasteiger partial charge in [0.1, 0.15) is 5.82 Å². The van der Waals surface area contributed by atoms with Crippen LogP contribution in [0.2, 0.25) is 0 Å². The molecule has 0 fully saturated rings. The quantitative estimate of drug-likeness (QED) is 0.667. The van der Waals surface area contributed by atoms with Crippen molar-refractivity contribution in [1.82, 2.24) is 0 Å². The van der Waals surface area contributed by atoms with E-state index in [1.165, 1.54) is 12.1 Å². The van der Waals surface area contributed by atoms with Crippen LogP contribution in [0.4, 0.5) is 20.2 Å². The summed E-state index contributed by atoms with van der Waals surface area (Å²) >= 11 is 3.06. The first-order valence-corrected chi connectivity index (χ1v) is 6.38. The molecule has 0 saturated heterocycles. The van der Waals surface area contributed by atoms with Crippen LogP contribution in [0.1, 0.15) is 5.56 Å². The van der Waals surface area contributed by atoms with Gasteiger partial charge in [0.15, 0.2) is 0 Å². The molecular weight excluding hydrogens is 334 g/mol. The number of nitrogens with one attached hydrogen (secondary N) is 1. The summed E-state index contributed by atoms with van der Waals surface area (Å²) in [5.74, 6) is -1.26. The van der Waals surface area contributed by atoms with Crippen LogP contribution >= 0.6 is 15.9 Å². The molecule has 0 heterocycles. The number of benzene rings is 2. The molecule has 0 aliphatic heterocycles. The van der Waals surface area contributed by atoms with Gasteiger partial charge >= 0.3 is 5.69 Å². The van der Waals surface area contributed by atoms with Gasteiger partial charge < -0.3 is 5.32 Å². The molecule has 0 atom stereocenters. The van der Waals surface area contributed by atoms with E-state index in [9.17, 15) is 18.9 Å². The Morgan fingerprint density at radius 1 is 1.15 bits per heavy atom. The Morgan fingerprint density at radius 3 is 2.50 bits per heavy atom. The fraction of sp³-hybridized carbons (Fsp3) is 0.0769. The van der Waals surface area contributed by atoms with Gasteiger partial charge in [-0.05, 0) is 45.8 Å². The predicted octanol–water partition coefficient (Wildman–Crippen LogP) is 4.25. The Balaban J connectivity index is 2.09. The molecule has 1 N–H and O–H groups in total. The van der Waals surface area contributed by atoms with Gasteiger partial charge in [0.25, 0.3) is 0 Å². The molecule has 0 radical (unpaired) electrons. The van der Waals surface area contributed by atoms with E-state index in [0.717, 1.165) is 12.1 Å². The van der Waals surface area contributed by atoms with E-state index in [1.54, 1.807) is 12.1 Å². The third-order valence-corrected chi connectivity index (χ3v) is 3.23. The summed E-state index contributed by atoms with van der Waals surface area (Å²) < 4.78 is 26.8. The summed E-state index contributed by atoms with van der Waals surface area (Å²) in [6.45, 7) is 0.271. The minimum absolute atomic E-state index is 0.271. The lowest BCUT2D eigenvalue weighted by Gasteiger charge is -2.07. The zero-order chi connectivity index (χ0) is 14.7. The molecule has 7 heteroatoms. The fourth-order valence-electron chi connectivity index (χ4n) is 1.62. The van der Waals surface area contributed by atoms with Crippen molar-refractivity contribution in [3.63, 3.8) is 0 Å². The van der Waals surface area contributed by atoms with E-state index in [4.69, 9.17) is 0 Å². The largest absolute Gasteiger partial charge is 0.381 e. The summed E-state index contributed by atoms with van der Waals surface area (Å²) in [4.78, 5) is 9.72. The zero-order valence-electron chi connectivity index (χ0n) is 10.1. The van der Waals surface area contributed by atoms with Gasteiger partial charge in [-0.3, -0.25) is 10.1 Å². The summed E-state index contributed by atoms with van der Waals surface area (Å²) in [5, 5.41) is 13.5. The van der Waals surface area contributed by atoms with E-state index in [1.807, 2.05) is 0 Å². The van der Waals surface area contributed by atoms with Crippen LogP contribution in [-0.4, -0.2) is 4.92 Å². The van der Waals surface area contributed by atoms with Gasteiger partial charge in [-0.15, -0.1) is 0 Å². The average molecular weight is 343 g/mol. The van der Waals surface area contributed by atoms with Crippen molar-refractivity contribution in [1.29, 1.82) is 0 Å². The molecule has 4 nitrogen and oxygen atoms in total. The molecule has 0 aliphatic rings. The highest BCUT2D eigenvalue weighted by molar-refractivity contribution is 9.10. The Bertz CT molecular complexity index is 665. The summed E-state index contributed by atoms with van der Waals surface area (Å²) in [7, 11) is 0. The van der Waals surface area contributed by atoms with Crippen LogP contribution < -0.4 is 5.32 Å². The second-order valence-corrected chi connectivity index (χ2v) is 4.88. The number of halogens is 3. The molecule has 2 aromatic carbocycles. The number of anilines is 1. The first-order valence-electron chi connectivity index (χ1n) is 5.59. The van der Waals surface area contributed by atoms with Gasteiger partial charge in [0.2, 0.25) is 5.82 Å². The highest BCUT2D eigenvalue weighted by Crippen LogP contribution is 2.22. The third-order valence-electron chi connectivity index (χ3n) is 2.63. The van der Waals surface area contributed by atoms with Gasteiger partial charge in [0, 0.05) is 18.3 Å². The zero-order valence-corrected chi connectivity index (χ0v) is 11.7. The van der Waals surface area contributed by atoms with Crippen LogP contribution in [0.25, 0.3) is 0 Å². The lowest BCUT2D eigenvalue weighted by Crippen LogP contribution is -2.01. The monoisotopic (exact) mass is 342 g/mol. The first-order chi connectivity index (χ1) is 9.47. The summed E-state index contributed by atoms with van der Waals surface area (Å²) in [6, 6.07) is 8.07. The van der Waals surface area contributed by atoms with Crippen molar-refractivity contribution < 1.29 is 13.7 Å². The number of nitro benzene ring substituents is 1. The van der Waals surface area contributed by atoms with Crippen LogP contribution in [0, 0.1) is 21.7 Å². The van der Waals surface area contributed by atoms with Crippen LogP contribution in [0.3, 0.4) is 0 Å². The normalized spacial score (nSPS) is 10.3. The molecule has 2 aromatic rings. The van der Waals surface area contributed by atoms with E-state index >= 15 is 0 Å². The molecule has 0 aliphatic carbocycles. The van der Waals surface area contributed by atoms with Gasteiger partial charge in [-0.1, -0.05) is 6.07 Å². The number of rotatable bonds is 4. The summed E-state index contributed by atoms with van der Waals surface area (Å²) in [5.41, 5.74) is 0.642. The van der Waals surface area contributed by atoms with E-state index in [0.29, 0.717) is 15.7 Å². The molecule has 104 valence electrons. The van der Waals surface area contributed by atoms with Gasteiger partial charge in [-0.2, -0.15) is 4.39 Å². The Hall–Kier alpha value is -2.02. The van der Waals surface area contributed by atoms with Crippen molar-refractivity contribution in [2.24, 2.45) is 0 Å². The maximum atomic E-state index is 13.4. The minimum Gasteiger partial charge on any atom is -0.381 e. The Labute approximate surface area is 121 Å². The first kappa shape index (κ1) is 14.4. The molecule has 0 unspecified atom stereocenters. The average Bonchev–Trinajstić information content (AvgIpc) is 2.40. The molecule has 0 amide bonds. The van der Waals surface area contributed by atoms with Crippen molar-refractivity contribution in [3.05, 3.63) is 68.2 Å². The molecule has 0 saturated carbocycles. The summed E-state index contributed by atoms with van der Waals surface area (Å²) in [6.07, 6.45) is 0. The molecule has 0 bridgehead atoms. The molecule has 0 aromatic heterocycles. The van der Waals surface area contributed by atoms with E-state index in [-0.39, 0.29) is 12.4 Å². The van der Waals surface area contributed by atoms with Crippen molar-refractivity contribution in [3.8, 4) is 0 Å². The second-order valence-electron chi connectivity index (χ2n) is 4.03. The maximum Gasteiger partial charge on any atom is 0.304 e. The van der Waals surface area contributed by atoms with Crippen LogP contribution in [0.15, 0.2) is 40.9 Å². The molecular formula is C13H9BrF2N2O2. The Kier molecular flexibility index (Phi) is 4.29. The van der Waals surface area contributed by atoms with E-state index < -0.39 is 16.4 Å². The fourth-order valence-corrected chi connectivity index (χ4v) is 2.00. The molecule has 0 spiro atoms. The number of nitro groups is 1. The van der Waals surface area contributed by atoms with Crippen molar-refractivity contribution in [2.75, 3.05) is 5.32 Å². The van der Waals surface area contributed by atoms with Crippen LogP contribution in [-0.2, 0) is 6.54 Å². The SMILES string of the molecule is O=[N+]([O-])c1ccc(CNc2ccc(F)c(Br)c2)cc1F. The third kappa shape index (κ3) is 3.30. The van der Waals surface area contributed by atoms with Gasteiger partial charge in [-0.25, -0.2) is 4.39 Å². The number of nitrogens with zero attached hydrogens (tertiary/aromatic N) is 1. The van der Waals surface area contributed by atoms with Crippen molar-refractivity contribution in [2.45, 2.75) is 6.54 Å². The predicted molar refractivity (Wildman–Crippen MR) is 74.5 cm³/mol. The van der Waals surface area contributed by atoms with Crippen LogP contribution in [0.5, 0.6) is 0 Å². The minimum atomic E-state index is -0.880. The van der Waals surface area contributed by atoms with Crippen molar-refractivity contribution >= 4 is 27.3 Å². The highest BCUT2D eigenvalue weighted by Gasteiger charge is 2.13. The maximum absolute atomic E-state index is 13.4. The van der Waals surface area contributed by atoms with E-state index in [2.05, 4.69) is 21.2 Å². The number of hydrogen-bond acceptors (Lipinski definition) is 3. The number of hydrogen-bond donors (Lipinski definition) is 1. The highest BCUT2D eigenvalue weighted by atomic mass is 79.9.